The van der Waals surface area contributed by atoms with Gasteiger partial charge in [-0.3, -0.25) is 9.69 Å². The first-order chi connectivity index (χ1) is 19.2. The molecule has 1 aliphatic heterocycles. The maximum atomic E-state index is 12.5. The van der Waals surface area contributed by atoms with Crippen molar-refractivity contribution in [1.29, 1.82) is 0 Å². The van der Waals surface area contributed by atoms with Crippen molar-refractivity contribution < 1.29 is 4.79 Å². The number of nitrogens with zero attached hydrogens (tertiary/aromatic N) is 4. The van der Waals surface area contributed by atoms with Gasteiger partial charge in [-0.1, -0.05) is 30.3 Å². The molecule has 1 aliphatic rings. The van der Waals surface area contributed by atoms with Gasteiger partial charge in [-0.15, -0.1) is 22.7 Å². The number of carbonyl (C=O) groups is 1. The van der Waals surface area contributed by atoms with Gasteiger partial charge in [-0.25, -0.2) is 15.0 Å². The smallest absolute Gasteiger partial charge is 0.229 e. The third-order valence-electron chi connectivity index (χ3n) is 6.58. The number of thiazole rings is 1. The fraction of sp³-hybridized carbons (Fsp3) is 0.200. The molecule has 0 radical (unpaired) electrons. The highest BCUT2D eigenvalue weighted by Crippen LogP contribution is 2.35. The first-order valence-corrected chi connectivity index (χ1v) is 14.7. The minimum atomic E-state index is -0.0379. The van der Waals surface area contributed by atoms with Crippen LogP contribution in [0.5, 0.6) is 0 Å². The molecule has 6 rings (SSSR count). The second-order valence-corrected chi connectivity index (χ2v) is 11.4. The predicted octanol–water partition coefficient (Wildman–Crippen LogP) is 6.85. The van der Waals surface area contributed by atoms with Crippen molar-refractivity contribution in [2.24, 2.45) is 0 Å². The summed E-state index contributed by atoms with van der Waals surface area (Å²) in [4.78, 5) is 30.9. The highest BCUT2D eigenvalue weighted by Gasteiger charge is 2.15. The molecule has 0 aliphatic carbocycles. The summed E-state index contributed by atoms with van der Waals surface area (Å²) < 4.78 is 0. The summed E-state index contributed by atoms with van der Waals surface area (Å²) in [5.74, 6) is 0.504. The molecule has 0 spiro atoms. The number of aromatic nitrogens is 3. The van der Waals surface area contributed by atoms with Crippen molar-refractivity contribution in [2.75, 3.05) is 23.7 Å². The van der Waals surface area contributed by atoms with E-state index in [1.54, 1.807) is 17.5 Å². The van der Waals surface area contributed by atoms with Crippen LogP contribution in [0.4, 0.5) is 17.3 Å². The van der Waals surface area contributed by atoms with Crippen LogP contribution in [0.15, 0.2) is 83.8 Å². The molecule has 7 nitrogen and oxygen atoms in total. The average Bonchev–Trinajstić information content (AvgIpc) is 3.73. The van der Waals surface area contributed by atoms with Crippen molar-refractivity contribution in [2.45, 2.75) is 25.8 Å². The number of nitrogens with one attached hydrogen (secondary N) is 2. The minimum Gasteiger partial charge on any atom is -0.326 e. The van der Waals surface area contributed by atoms with E-state index in [0.29, 0.717) is 12.4 Å². The number of carbonyl (C=O) groups excluding carboxylic acids is 1. The van der Waals surface area contributed by atoms with E-state index in [9.17, 15) is 4.79 Å². The lowest BCUT2D eigenvalue weighted by molar-refractivity contribution is -0.115. The van der Waals surface area contributed by atoms with Crippen molar-refractivity contribution in [3.63, 3.8) is 0 Å². The number of likely N-dealkylation sites (tertiary alicyclic amines) is 1. The zero-order valence-corrected chi connectivity index (χ0v) is 23.0. The van der Waals surface area contributed by atoms with Crippen LogP contribution >= 0.6 is 22.7 Å². The highest BCUT2D eigenvalue weighted by molar-refractivity contribution is 7.13. The summed E-state index contributed by atoms with van der Waals surface area (Å²) in [5.41, 5.74) is 7.36. The van der Waals surface area contributed by atoms with Gasteiger partial charge >= 0.3 is 0 Å². The van der Waals surface area contributed by atoms with E-state index in [4.69, 9.17) is 4.98 Å². The Kier molecular flexibility index (Phi) is 7.71. The van der Waals surface area contributed by atoms with Gasteiger partial charge in [0.2, 0.25) is 11.9 Å². The fourth-order valence-corrected chi connectivity index (χ4v) is 6.26. The topological polar surface area (TPSA) is 83.0 Å². The van der Waals surface area contributed by atoms with Crippen LogP contribution in [0, 0.1) is 0 Å². The van der Waals surface area contributed by atoms with E-state index in [-0.39, 0.29) is 5.91 Å². The number of amides is 1. The largest absolute Gasteiger partial charge is 0.326 e. The molecule has 4 heterocycles. The van der Waals surface area contributed by atoms with Gasteiger partial charge in [0, 0.05) is 34.6 Å². The van der Waals surface area contributed by atoms with Crippen LogP contribution in [0.2, 0.25) is 0 Å². The third kappa shape index (κ3) is 6.39. The van der Waals surface area contributed by atoms with Gasteiger partial charge in [-0.05, 0) is 73.3 Å². The summed E-state index contributed by atoms with van der Waals surface area (Å²) in [5, 5.41) is 8.37. The van der Waals surface area contributed by atoms with E-state index in [1.807, 2.05) is 59.4 Å². The van der Waals surface area contributed by atoms with E-state index in [0.717, 1.165) is 44.6 Å². The Labute approximate surface area is 235 Å². The van der Waals surface area contributed by atoms with Crippen LogP contribution in [0.1, 0.15) is 23.3 Å². The highest BCUT2D eigenvalue weighted by atomic mass is 32.1. The Balaban J connectivity index is 1.18. The molecule has 2 aromatic carbocycles. The number of thiophene rings is 1. The first kappa shape index (κ1) is 25.4. The molecule has 0 unspecified atom stereocenters. The van der Waals surface area contributed by atoms with Crippen molar-refractivity contribution in [3.05, 3.63) is 94.3 Å². The number of hydrogen-bond donors (Lipinski definition) is 2. The number of rotatable bonds is 9. The molecule has 0 bridgehead atoms. The molecule has 9 heteroatoms. The summed E-state index contributed by atoms with van der Waals surface area (Å²) in [6.45, 7) is 3.31. The minimum absolute atomic E-state index is 0.0379. The van der Waals surface area contributed by atoms with Crippen molar-refractivity contribution in [3.8, 4) is 21.8 Å². The lowest BCUT2D eigenvalue weighted by atomic mass is 10.1. The first-order valence-electron chi connectivity index (χ1n) is 13.0. The van der Waals surface area contributed by atoms with Gasteiger partial charge in [0.25, 0.3) is 0 Å². The molecule has 0 atom stereocenters. The molecule has 0 saturated carbocycles. The molecule has 3 aromatic heterocycles. The van der Waals surface area contributed by atoms with E-state index < -0.39 is 0 Å². The second-order valence-electron chi connectivity index (χ2n) is 9.49. The molecular weight excluding hydrogens is 525 g/mol. The summed E-state index contributed by atoms with van der Waals surface area (Å²) >= 11 is 3.12. The van der Waals surface area contributed by atoms with E-state index >= 15 is 0 Å². The molecule has 1 saturated heterocycles. The maximum absolute atomic E-state index is 12.5. The molecular formula is C30H28N6OS2. The van der Waals surface area contributed by atoms with Gasteiger partial charge in [-0.2, -0.15) is 0 Å². The monoisotopic (exact) mass is 552 g/mol. The van der Waals surface area contributed by atoms with Crippen molar-refractivity contribution in [1.82, 2.24) is 19.9 Å². The summed E-state index contributed by atoms with van der Waals surface area (Å²) in [6, 6.07) is 22.1. The number of anilines is 3. The Bertz CT molecular complexity index is 1560. The summed E-state index contributed by atoms with van der Waals surface area (Å²) in [6.07, 6.45) is 4.70. The van der Waals surface area contributed by atoms with Gasteiger partial charge in [0.15, 0.2) is 0 Å². The molecule has 5 aromatic rings. The Morgan fingerprint density at radius 1 is 0.923 bits per heavy atom. The molecule has 196 valence electrons. The lowest BCUT2D eigenvalue weighted by Gasteiger charge is -2.15. The molecule has 1 amide bonds. The number of benzene rings is 2. The SMILES string of the molecule is O=C(Cc1cccs1)Nc1cccc(-c2ncsc2-c2ccnc(Nc3cccc(CN4CCCC4)c3)n2)c1. The predicted molar refractivity (Wildman–Crippen MR) is 159 cm³/mol. The van der Waals surface area contributed by atoms with Crippen LogP contribution in [-0.4, -0.2) is 38.8 Å². The molecule has 39 heavy (non-hydrogen) atoms. The van der Waals surface area contributed by atoms with Gasteiger partial charge in [0.05, 0.1) is 28.2 Å². The summed E-state index contributed by atoms with van der Waals surface area (Å²) in [7, 11) is 0. The Morgan fingerprint density at radius 2 is 1.79 bits per heavy atom. The van der Waals surface area contributed by atoms with E-state index in [1.165, 1.54) is 42.8 Å². The van der Waals surface area contributed by atoms with Crippen LogP contribution in [0.3, 0.4) is 0 Å². The zero-order chi connectivity index (χ0) is 26.4. The van der Waals surface area contributed by atoms with Crippen molar-refractivity contribution >= 4 is 45.9 Å². The van der Waals surface area contributed by atoms with Crippen LogP contribution < -0.4 is 10.6 Å². The van der Waals surface area contributed by atoms with Crippen LogP contribution in [-0.2, 0) is 17.8 Å². The Hall–Kier alpha value is -3.92. The molecule has 2 N–H and O–H groups in total. The third-order valence-corrected chi connectivity index (χ3v) is 8.30. The normalized spacial score (nSPS) is 13.4. The zero-order valence-electron chi connectivity index (χ0n) is 21.3. The maximum Gasteiger partial charge on any atom is 0.229 e. The van der Waals surface area contributed by atoms with Crippen LogP contribution in [0.25, 0.3) is 21.8 Å². The molecule has 1 fully saturated rings. The van der Waals surface area contributed by atoms with E-state index in [2.05, 4.69) is 43.7 Å². The lowest BCUT2D eigenvalue weighted by Crippen LogP contribution is -2.18. The average molecular weight is 553 g/mol. The fourth-order valence-electron chi connectivity index (χ4n) is 4.78. The Morgan fingerprint density at radius 3 is 2.67 bits per heavy atom. The number of hydrogen-bond acceptors (Lipinski definition) is 8. The quantitative estimate of drug-likeness (QED) is 0.208. The van der Waals surface area contributed by atoms with Gasteiger partial charge < -0.3 is 10.6 Å². The second kappa shape index (κ2) is 11.9. The standard InChI is InChI=1S/C30H28N6OS2/c37-27(18-25-10-5-15-38-25)33-24-9-4-7-22(17-24)28-29(39-20-32-28)26-11-12-31-30(35-26)34-23-8-3-6-21(16-23)19-36-13-1-2-14-36/h3-12,15-17,20H,1-2,13-14,18-19H2,(H,33,37)(H,31,34,35). The van der Waals surface area contributed by atoms with Gasteiger partial charge in [0.1, 0.15) is 0 Å².